The number of aliphatic carboxylic acids is 2. The Kier molecular flexibility index (Phi) is 9.44. The number of aromatic nitrogens is 2. The Hall–Kier alpha value is -3.35. The Bertz CT molecular complexity index is 1020. The highest BCUT2D eigenvalue weighted by atomic mass is 19.4. The monoisotopic (exact) mass is 467 g/mol. The molecule has 176 valence electrons. The number of para-hydroxylation sites is 1. The Balaban J connectivity index is 0.000000305. The van der Waals surface area contributed by atoms with Gasteiger partial charge in [0, 0.05) is 22.5 Å². The second-order valence-corrected chi connectivity index (χ2v) is 6.20. The number of carbonyl (C=O) groups is 2. The predicted octanol–water partition coefficient (Wildman–Crippen LogP) is 4.26. The molecule has 0 amide bonds. The maximum atomic E-state index is 10.6. The zero-order valence-electron chi connectivity index (χ0n) is 16.3. The van der Waals surface area contributed by atoms with Crippen molar-refractivity contribution in [1.82, 2.24) is 9.97 Å². The number of alkyl halides is 6. The van der Waals surface area contributed by atoms with E-state index in [0.717, 1.165) is 31.5 Å². The van der Waals surface area contributed by atoms with E-state index in [0.29, 0.717) is 0 Å². The number of H-pyrrole nitrogens is 1. The molecule has 3 aromatic rings. The smallest absolute Gasteiger partial charge is 0.475 e. The number of nitrogens with one attached hydrogen (secondary N) is 1. The lowest BCUT2D eigenvalue weighted by atomic mass is 10.1. The molecule has 5 N–H and O–H groups in total. The van der Waals surface area contributed by atoms with Crippen molar-refractivity contribution in [2.45, 2.75) is 31.6 Å². The van der Waals surface area contributed by atoms with E-state index in [4.69, 9.17) is 25.5 Å². The standard InChI is InChI=1S/C15H17N3.2C2HF3O2/c16-9-4-3-7-14-15-12(8-10-17-14)11-5-1-2-6-13(11)18-15;2*3-2(4,5)1(6)7/h1-2,5-6,8,10,18H,3-4,7,9,16H2;2*(H,6,7). The number of carboxylic acid groups (broad SMARTS) is 2. The third-order valence-electron chi connectivity index (χ3n) is 3.86. The van der Waals surface area contributed by atoms with Crippen LogP contribution in [0, 0.1) is 0 Å². The molecule has 0 saturated heterocycles. The van der Waals surface area contributed by atoms with Crippen LogP contribution < -0.4 is 5.73 Å². The van der Waals surface area contributed by atoms with Crippen LogP contribution in [0.2, 0.25) is 0 Å². The number of hydrogen-bond donors (Lipinski definition) is 4. The minimum Gasteiger partial charge on any atom is -0.475 e. The van der Waals surface area contributed by atoms with Gasteiger partial charge in [-0.1, -0.05) is 18.2 Å². The molecule has 0 fully saturated rings. The summed E-state index contributed by atoms with van der Waals surface area (Å²) in [4.78, 5) is 25.8. The molecule has 32 heavy (non-hydrogen) atoms. The summed E-state index contributed by atoms with van der Waals surface area (Å²) in [6.45, 7) is 0.753. The van der Waals surface area contributed by atoms with Gasteiger partial charge in [-0.15, -0.1) is 0 Å². The third kappa shape index (κ3) is 8.06. The first-order valence-electron chi connectivity index (χ1n) is 8.93. The Morgan fingerprint density at radius 1 is 0.906 bits per heavy atom. The SMILES string of the molecule is NCCCCc1nccc2c1[nH]c1ccccc12.O=C(O)C(F)(F)F.O=C(O)C(F)(F)F. The average Bonchev–Trinajstić information content (AvgIpc) is 3.07. The van der Waals surface area contributed by atoms with Crippen LogP contribution in [0.15, 0.2) is 36.5 Å². The first-order valence-corrected chi connectivity index (χ1v) is 8.93. The van der Waals surface area contributed by atoms with Gasteiger partial charge in [0.2, 0.25) is 0 Å². The number of aryl methyl sites for hydroxylation is 1. The summed E-state index contributed by atoms with van der Waals surface area (Å²) in [6.07, 6.45) is -5.13. The summed E-state index contributed by atoms with van der Waals surface area (Å²) in [6, 6.07) is 10.5. The first kappa shape index (κ1) is 26.7. The molecular formula is C19H19F6N3O4. The van der Waals surface area contributed by atoms with E-state index in [1.807, 2.05) is 6.20 Å². The molecule has 7 nitrogen and oxygen atoms in total. The highest BCUT2D eigenvalue weighted by molar-refractivity contribution is 6.07. The quantitative estimate of drug-likeness (QED) is 0.335. The van der Waals surface area contributed by atoms with Gasteiger partial charge in [-0.3, -0.25) is 4.98 Å². The highest BCUT2D eigenvalue weighted by Crippen LogP contribution is 2.26. The number of rotatable bonds is 4. The number of nitrogens with two attached hydrogens (primary N) is 1. The maximum Gasteiger partial charge on any atom is 0.490 e. The van der Waals surface area contributed by atoms with E-state index >= 15 is 0 Å². The van der Waals surface area contributed by atoms with Gasteiger partial charge in [0.05, 0.1) is 11.2 Å². The summed E-state index contributed by atoms with van der Waals surface area (Å²) in [5.41, 5.74) is 9.05. The van der Waals surface area contributed by atoms with Crippen LogP contribution in [0.3, 0.4) is 0 Å². The number of fused-ring (bicyclic) bond motifs is 3. The van der Waals surface area contributed by atoms with Gasteiger partial charge in [-0.05, 0) is 37.9 Å². The van der Waals surface area contributed by atoms with Gasteiger partial charge in [-0.25, -0.2) is 9.59 Å². The fourth-order valence-electron chi connectivity index (χ4n) is 2.46. The van der Waals surface area contributed by atoms with Crippen LogP contribution in [0.1, 0.15) is 18.5 Å². The van der Waals surface area contributed by atoms with Crippen molar-refractivity contribution >= 4 is 33.7 Å². The van der Waals surface area contributed by atoms with Crippen molar-refractivity contribution in [3.8, 4) is 0 Å². The van der Waals surface area contributed by atoms with Crippen molar-refractivity contribution < 1.29 is 46.1 Å². The molecular weight excluding hydrogens is 448 g/mol. The molecule has 0 spiro atoms. The predicted molar refractivity (Wildman–Crippen MR) is 103 cm³/mol. The number of carboxylic acids is 2. The second kappa shape index (κ2) is 11.3. The maximum absolute atomic E-state index is 10.6. The number of benzene rings is 1. The van der Waals surface area contributed by atoms with Crippen LogP contribution in [-0.2, 0) is 16.0 Å². The molecule has 0 aliphatic heterocycles. The topological polar surface area (TPSA) is 129 Å². The largest absolute Gasteiger partial charge is 0.490 e. The van der Waals surface area contributed by atoms with E-state index in [1.165, 1.54) is 21.8 Å². The minimum absolute atomic E-state index is 0.753. The molecule has 0 radical (unpaired) electrons. The number of unbranched alkanes of at least 4 members (excludes halogenated alkanes) is 1. The molecule has 0 bridgehead atoms. The highest BCUT2D eigenvalue weighted by Gasteiger charge is 2.38. The molecule has 0 unspecified atom stereocenters. The molecule has 0 aliphatic rings. The summed E-state index contributed by atoms with van der Waals surface area (Å²) in [7, 11) is 0. The Labute approximate surface area is 176 Å². The van der Waals surface area contributed by atoms with Crippen LogP contribution in [-0.4, -0.2) is 51.0 Å². The van der Waals surface area contributed by atoms with Crippen molar-refractivity contribution in [3.63, 3.8) is 0 Å². The van der Waals surface area contributed by atoms with E-state index in [2.05, 4.69) is 40.3 Å². The fourth-order valence-corrected chi connectivity index (χ4v) is 2.46. The zero-order valence-corrected chi connectivity index (χ0v) is 16.3. The van der Waals surface area contributed by atoms with Gasteiger partial charge < -0.3 is 20.9 Å². The Morgan fingerprint density at radius 2 is 1.44 bits per heavy atom. The summed E-state index contributed by atoms with van der Waals surface area (Å²) in [5, 5.41) is 16.8. The molecule has 0 aliphatic carbocycles. The number of pyridine rings is 1. The molecule has 0 saturated carbocycles. The number of hydrogen-bond acceptors (Lipinski definition) is 4. The number of halogens is 6. The normalized spacial score (nSPS) is 11.3. The lowest BCUT2D eigenvalue weighted by molar-refractivity contribution is -0.193. The van der Waals surface area contributed by atoms with Gasteiger partial charge in [0.25, 0.3) is 0 Å². The Morgan fingerprint density at radius 3 is 1.94 bits per heavy atom. The van der Waals surface area contributed by atoms with Crippen molar-refractivity contribution in [1.29, 1.82) is 0 Å². The number of nitrogens with zero attached hydrogens (tertiary/aromatic N) is 1. The van der Waals surface area contributed by atoms with E-state index in [-0.39, 0.29) is 0 Å². The number of aromatic amines is 1. The molecule has 2 heterocycles. The van der Waals surface area contributed by atoms with Crippen molar-refractivity contribution in [2.75, 3.05) is 6.54 Å². The van der Waals surface area contributed by atoms with Crippen LogP contribution in [0.25, 0.3) is 21.8 Å². The van der Waals surface area contributed by atoms with E-state index in [1.54, 1.807) is 0 Å². The van der Waals surface area contributed by atoms with E-state index in [9.17, 15) is 26.3 Å². The molecule has 1 aromatic carbocycles. The fraction of sp³-hybridized carbons (Fsp3) is 0.316. The van der Waals surface area contributed by atoms with Crippen molar-refractivity contribution in [2.24, 2.45) is 5.73 Å². The van der Waals surface area contributed by atoms with Crippen molar-refractivity contribution in [3.05, 3.63) is 42.2 Å². The third-order valence-corrected chi connectivity index (χ3v) is 3.86. The van der Waals surface area contributed by atoms with Gasteiger partial charge in [0.1, 0.15) is 0 Å². The van der Waals surface area contributed by atoms with Gasteiger partial charge in [0.15, 0.2) is 0 Å². The molecule has 2 aromatic heterocycles. The van der Waals surface area contributed by atoms with Crippen LogP contribution >= 0.6 is 0 Å². The average molecular weight is 467 g/mol. The van der Waals surface area contributed by atoms with Gasteiger partial charge >= 0.3 is 24.3 Å². The van der Waals surface area contributed by atoms with Crippen LogP contribution in [0.4, 0.5) is 26.3 Å². The molecule has 3 rings (SSSR count). The van der Waals surface area contributed by atoms with E-state index < -0.39 is 24.3 Å². The minimum atomic E-state index is -5.08. The molecule has 13 heteroatoms. The lowest BCUT2D eigenvalue weighted by Gasteiger charge is -2.01. The second-order valence-electron chi connectivity index (χ2n) is 6.20. The van der Waals surface area contributed by atoms with Crippen LogP contribution in [0.5, 0.6) is 0 Å². The summed E-state index contributed by atoms with van der Waals surface area (Å²) in [5.74, 6) is -5.51. The first-order chi connectivity index (χ1) is 14.8. The lowest BCUT2D eigenvalue weighted by Crippen LogP contribution is -2.21. The molecule has 0 atom stereocenters. The van der Waals surface area contributed by atoms with Gasteiger partial charge in [-0.2, -0.15) is 26.3 Å². The summed E-state index contributed by atoms with van der Waals surface area (Å²) >= 11 is 0. The zero-order chi connectivity index (χ0) is 24.5. The summed E-state index contributed by atoms with van der Waals surface area (Å²) < 4.78 is 63.5.